The lowest BCUT2D eigenvalue weighted by atomic mass is 10.2. The van der Waals surface area contributed by atoms with E-state index in [9.17, 15) is 0 Å². The molecule has 4 aromatic rings. The summed E-state index contributed by atoms with van der Waals surface area (Å²) in [5, 5.41) is 12.0. The third-order valence-electron chi connectivity index (χ3n) is 5.67. The smallest absolute Gasteiger partial charge is 0.225 e. The number of hydrogen-bond acceptors (Lipinski definition) is 9. The van der Waals surface area contributed by atoms with Crippen LogP contribution < -0.4 is 10.2 Å². The van der Waals surface area contributed by atoms with Gasteiger partial charge in [-0.25, -0.2) is 15.1 Å². The van der Waals surface area contributed by atoms with Crippen LogP contribution in [-0.4, -0.2) is 63.3 Å². The fourth-order valence-electron chi connectivity index (χ4n) is 3.63. The van der Waals surface area contributed by atoms with Gasteiger partial charge < -0.3 is 15.1 Å². The van der Waals surface area contributed by atoms with Gasteiger partial charge in [-0.1, -0.05) is 59.8 Å². The Kier molecular flexibility index (Phi) is 7.51. The average Bonchev–Trinajstić information content (AvgIpc) is 3.32. The standard InChI is InChI=1S/C25H28N8S2/c1-18-8-10-19(11-9-18)17-34-25-29-23(30-31-25)26-21-16-22(33-14-12-32(2)13-15-33)28-24(27-21)35-20-6-4-3-5-7-20/h3-11,16H,12-15,17H2,1-2H3,(H2,26,27,28,29,30,31). The van der Waals surface area contributed by atoms with Crippen molar-refractivity contribution in [2.24, 2.45) is 0 Å². The molecule has 2 aromatic carbocycles. The van der Waals surface area contributed by atoms with Gasteiger partial charge in [-0.3, -0.25) is 0 Å². The van der Waals surface area contributed by atoms with Crippen LogP contribution in [-0.2, 0) is 5.75 Å². The number of thioether (sulfide) groups is 1. The van der Waals surface area contributed by atoms with Crippen molar-refractivity contribution in [1.82, 2.24) is 30.0 Å². The Morgan fingerprint density at radius 1 is 0.914 bits per heavy atom. The topological polar surface area (TPSA) is 85.9 Å². The molecule has 0 atom stereocenters. The van der Waals surface area contributed by atoms with E-state index in [1.807, 2.05) is 24.3 Å². The molecule has 1 aliphatic heterocycles. The number of aromatic nitrogens is 5. The van der Waals surface area contributed by atoms with Crippen molar-refractivity contribution >= 4 is 41.1 Å². The fraction of sp³-hybridized carbons (Fsp3) is 0.280. The third-order valence-corrected chi connectivity index (χ3v) is 7.46. The first-order valence-electron chi connectivity index (χ1n) is 11.5. The van der Waals surface area contributed by atoms with Crippen LogP contribution in [0.2, 0.25) is 0 Å². The summed E-state index contributed by atoms with van der Waals surface area (Å²) in [5.74, 6) is 2.99. The summed E-state index contributed by atoms with van der Waals surface area (Å²) in [4.78, 5) is 20.0. The van der Waals surface area contributed by atoms with Crippen LogP contribution in [0.3, 0.4) is 0 Å². The van der Waals surface area contributed by atoms with Crippen LogP contribution in [0.4, 0.5) is 17.6 Å². The van der Waals surface area contributed by atoms with E-state index in [-0.39, 0.29) is 0 Å². The number of nitrogens with zero attached hydrogens (tertiary/aromatic N) is 6. The van der Waals surface area contributed by atoms with E-state index in [4.69, 9.17) is 9.97 Å². The second-order valence-electron chi connectivity index (χ2n) is 8.47. The monoisotopic (exact) mass is 504 g/mol. The Labute approximate surface area is 214 Å². The third kappa shape index (κ3) is 6.53. The van der Waals surface area contributed by atoms with Gasteiger partial charge in [-0.15, -0.1) is 5.10 Å². The first-order valence-corrected chi connectivity index (χ1v) is 13.3. The summed E-state index contributed by atoms with van der Waals surface area (Å²) in [6.45, 7) is 5.99. The lowest BCUT2D eigenvalue weighted by Crippen LogP contribution is -2.44. The Morgan fingerprint density at radius 3 is 2.46 bits per heavy atom. The largest absolute Gasteiger partial charge is 0.354 e. The number of aromatic amines is 1. The molecule has 1 fully saturated rings. The van der Waals surface area contributed by atoms with Gasteiger partial charge in [0.1, 0.15) is 11.6 Å². The van der Waals surface area contributed by atoms with Crippen molar-refractivity contribution in [3.63, 3.8) is 0 Å². The number of aryl methyl sites for hydroxylation is 1. The van der Waals surface area contributed by atoms with Gasteiger partial charge in [0.25, 0.3) is 0 Å². The summed E-state index contributed by atoms with van der Waals surface area (Å²) in [5.41, 5.74) is 2.50. The van der Waals surface area contributed by atoms with Crippen molar-refractivity contribution in [3.8, 4) is 0 Å². The normalized spacial score (nSPS) is 14.3. The molecular formula is C25H28N8S2. The predicted octanol–water partition coefficient (Wildman–Crippen LogP) is 4.84. The minimum Gasteiger partial charge on any atom is -0.354 e. The van der Waals surface area contributed by atoms with Gasteiger partial charge >= 0.3 is 0 Å². The lowest BCUT2D eigenvalue weighted by molar-refractivity contribution is 0.312. The molecule has 0 unspecified atom stereocenters. The average molecular weight is 505 g/mol. The number of piperazine rings is 1. The molecule has 0 spiro atoms. The first kappa shape index (κ1) is 23.7. The van der Waals surface area contributed by atoms with E-state index < -0.39 is 0 Å². The van der Waals surface area contributed by atoms with E-state index >= 15 is 0 Å². The van der Waals surface area contributed by atoms with Crippen molar-refractivity contribution < 1.29 is 0 Å². The highest BCUT2D eigenvalue weighted by Crippen LogP contribution is 2.29. The van der Waals surface area contributed by atoms with E-state index in [1.165, 1.54) is 11.1 Å². The number of nitrogens with one attached hydrogen (secondary N) is 2. The van der Waals surface area contributed by atoms with Gasteiger partial charge in [0, 0.05) is 42.9 Å². The molecule has 1 aliphatic rings. The minimum atomic E-state index is 0.565. The van der Waals surface area contributed by atoms with Crippen molar-refractivity contribution in [3.05, 3.63) is 71.8 Å². The number of anilines is 3. The van der Waals surface area contributed by atoms with Gasteiger partial charge in [0.2, 0.25) is 11.1 Å². The van der Waals surface area contributed by atoms with Crippen LogP contribution in [0.25, 0.3) is 0 Å². The van der Waals surface area contributed by atoms with Gasteiger partial charge in [0.05, 0.1) is 0 Å². The molecular weight excluding hydrogens is 476 g/mol. The number of benzene rings is 2. The molecule has 0 bridgehead atoms. The van der Waals surface area contributed by atoms with Crippen LogP contribution in [0, 0.1) is 6.92 Å². The molecule has 1 saturated heterocycles. The highest BCUT2D eigenvalue weighted by atomic mass is 32.2. The number of rotatable bonds is 8. The molecule has 2 aromatic heterocycles. The van der Waals surface area contributed by atoms with Crippen LogP contribution in [0.15, 0.2) is 75.9 Å². The number of hydrogen-bond donors (Lipinski definition) is 2. The van der Waals surface area contributed by atoms with E-state index in [1.54, 1.807) is 23.5 Å². The molecule has 10 heteroatoms. The summed E-state index contributed by atoms with van der Waals surface area (Å²) >= 11 is 3.15. The zero-order chi connectivity index (χ0) is 24.0. The molecule has 0 radical (unpaired) electrons. The van der Waals surface area contributed by atoms with Gasteiger partial charge in [-0.05, 0) is 43.4 Å². The molecule has 180 valence electrons. The van der Waals surface area contributed by atoms with Crippen LogP contribution >= 0.6 is 23.5 Å². The summed E-state index contributed by atoms with van der Waals surface area (Å²) in [7, 11) is 2.15. The van der Waals surface area contributed by atoms with Crippen molar-refractivity contribution in [2.45, 2.75) is 27.9 Å². The maximum atomic E-state index is 4.86. The fourth-order valence-corrected chi connectivity index (χ4v) is 5.18. The molecule has 0 aliphatic carbocycles. The Bertz CT molecular complexity index is 1240. The van der Waals surface area contributed by atoms with E-state index in [0.717, 1.165) is 42.6 Å². The van der Waals surface area contributed by atoms with Gasteiger partial charge in [0.15, 0.2) is 5.16 Å². The highest BCUT2D eigenvalue weighted by Gasteiger charge is 2.18. The Balaban J connectivity index is 1.32. The predicted molar refractivity (Wildman–Crippen MR) is 143 cm³/mol. The van der Waals surface area contributed by atoms with E-state index in [2.05, 4.69) is 80.7 Å². The molecule has 5 rings (SSSR count). The van der Waals surface area contributed by atoms with Crippen molar-refractivity contribution in [2.75, 3.05) is 43.4 Å². The van der Waals surface area contributed by atoms with Gasteiger partial charge in [-0.2, -0.15) is 4.98 Å². The van der Waals surface area contributed by atoms with Crippen LogP contribution in [0.5, 0.6) is 0 Å². The number of H-pyrrole nitrogens is 1. The quantitative estimate of drug-likeness (QED) is 0.258. The van der Waals surface area contributed by atoms with Crippen LogP contribution in [0.1, 0.15) is 11.1 Å². The summed E-state index contributed by atoms with van der Waals surface area (Å²) < 4.78 is 0. The molecule has 2 N–H and O–H groups in total. The minimum absolute atomic E-state index is 0.565. The lowest BCUT2D eigenvalue weighted by Gasteiger charge is -2.33. The molecule has 8 nitrogen and oxygen atoms in total. The summed E-state index contributed by atoms with van der Waals surface area (Å²) in [6.07, 6.45) is 0. The zero-order valence-corrected chi connectivity index (χ0v) is 21.4. The van der Waals surface area contributed by atoms with Crippen molar-refractivity contribution in [1.29, 1.82) is 0 Å². The zero-order valence-electron chi connectivity index (χ0n) is 19.8. The second kappa shape index (κ2) is 11.1. The second-order valence-corrected chi connectivity index (χ2v) is 10.4. The maximum absolute atomic E-state index is 4.86. The Hall–Kier alpha value is -3.08. The highest BCUT2D eigenvalue weighted by molar-refractivity contribution is 7.99. The molecule has 0 saturated carbocycles. The Morgan fingerprint density at radius 2 is 1.69 bits per heavy atom. The molecule has 0 amide bonds. The first-order chi connectivity index (χ1) is 17.1. The SMILES string of the molecule is Cc1ccc(CSc2n[nH]c(Nc3cc(N4CCN(C)CC4)nc(Sc4ccccc4)n3)n2)cc1. The molecule has 3 heterocycles. The number of likely N-dealkylation sites (N-methyl/N-ethyl adjacent to an activating group) is 1. The summed E-state index contributed by atoms with van der Waals surface area (Å²) in [6, 6.07) is 20.7. The maximum Gasteiger partial charge on any atom is 0.225 e. The molecule has 35 heavy (non-hydrogen) atoms. The van der Waals surface area contributed by atoms with E-state index in [0.29, 0.717) is 22.1 Å².